The van der Waals surface area contributed by atoms with Crippen LogP contribution in [-0.4, -0.2) is 11.1 Å². The standard InChI is InChI=1S/C10H18O2/c1-7-4-3-5-9(10(11)12)6-8(7)2/h7-9H,3-6H2,1-2H3,(H,11,12). The van der Waals surface area contributed by atoms with E-state index in [9.17, 15) is 4.79 Å². The van der Waals surface area contributed by atoms with E-state index in [1.807, 2.05) is 0 Å². The Labute approximate surface area is 74.0 Å². The molecule has 1 saturated carbocycles. The van der Waals surface area contributed by atoms with Gasteiger partial charge in [-0.25, -0.2) is 0 Å². The van der Waals surface area contributed by atoms with Crippen LogP contribution < -0.4 is 0 Å². The third kappa shape index (κ3) is 2.23. The number of carboxylic acid groups (broad SMARTS) is 1. The molecule has 0 saturated heterocycles. The van der Waals surface area contributed by atoms with Crippen LogP contribution in [0.15, 0.2) is 0 Å². The highest BCUT2D eigenvalue weighted by molar-refractivity contribution is 5.69. The number of hydrogen-bond acceptors (Lipinski definition) is 1. The Morgan fingerprint density at radius 1 is 1.25 bits per heavy atom. The number of carbonyl (C=O) groups is 1. The van der Waals surface area contributed by atoms with E-state index in [0.717, 1.165) is 19.3 Å². The molecule has 0 aromatic heterocycles. The monoisotopic (exact) mass is 170 g/mol. The molecule has 0 radical (unpaired) electrons. The van der Waals surface area contributed by atoms with E-state index in [-0.39, 0.29) is 5.92 Å². The van der Waals surface area contributed by atoms with Gasteiger partial charge in [0.25, 0.3) is 0 Å². The molecule has 1 rings (SSSR count). The average Bonchev–Trinajstić information content (AvgIpc) is 2.15. The maximum absolute atomic E-state index is 10.8. The first-order valence-electron chi connectivity index (χ1n) is 4.84. The van der Waals surface area contributed by atoms with E-state index in [4.69, 9.17) is 5.11 Å². The summed E-state index contributed by atoms with van der Waals surface area (Å²) >= 11 is 0. The second-order valence-electron chi connectivity index (χ2n) is 4.16. The van der Waals surface area contributed by atoms with Crippen molar-refractivity contribution >= 4 is 5.97 Å². The van der Waals surface area contributed by atoms with Crippen molar-refractivity contribution in [1.82, 2.24) is 0 Å². The highest BCUT2D eigenvalue weighted by atomic mass is 16.4. The second-order valence-corrected chi connectivity index (χ2v) is 4.16. The number of aliphatic carboxylic acids is 1. The van der Waals surface area contributed by atoms with Crippen molar-refractivity contribution in [3.8, 4) is 0 Å². The fourth-order valence-electron chi connectivity index (χ4n) is 1.99. The molecule has 0 aromatic rings. The molecule has 3 unspecified atom stereocenters. The molecular weight excluding hydrogens is 152 g/mol. The van der Waals surface area contributed by atoms with Gasteiger partial charge in [0.1, 0.15) is 0 Å². The van der Waals surface area contributed by atoms with Crippen LogP contribution in [0.1, 0.15) is 39.5 Å². The lowest BCUT2D eigenvalue weighted by molar-refractivity contribution is -0.142. The first-order chi connectivity index (χ1) is 5.61. The molecule has 0 heterocycles. The van der Waals surface area contributed by atoms with E-state index in [2.05, 4.69) is 13.8 Å². The normalized spacial score (nSPS) is 37.3. The van der Waals surface area contributed by atoms with Crippen LogP contribution in [0.25, 0.3) is 0 Å². The van der Waals surface area contributed by atoms with E-state index in [1.165, 1.54) is 6.42 Å². The third-order valence-electron chi connectivity index (χ3n) is 3.19. The molecule has 3 atom stereocenters. The Morgan fingerprint density at radius 2 is 1.92 bits per heavy atom. The van der Waals surface area contributed by atoms with Crippen molar-refractivity contribution in [1.29, 1.82) is 0 Å². The zero-order chi connectivity index (χ0) is 9.14. The van der Waals surface area contributed by atoms with Gasteiger partial charge in [-0.2, -0.15) is 0 Å². The minimum Gasteiger partial charge on any atom is -0.481 e. The van der Waals surface area contributed by atoms with Gasteiger partial charge < -0.3 is 5.11 Å². The lowest BCUT2D eigenvalue weighted by Gasteiger charge is -2.17. The van der Waals surface area contributed by atoms with Crippen LogP contribution in [0.2, 0.25) is 0 Å². The molecule has 1 aliphatic rings. The zero-order valence-corrected chi connectivity index (χ0v) is 7.92. The van der Waals surface area contributed by atoms with Crippen LogP contribution in [-0.2, 0) is 4.79 Å². The molecule has 12 heavy (non-hydrogen) atoms. The third-order valence-corrected chi connectivity index (χ3v) is 3.19. The van der Waals surface area contributed by atoms with Crippen LogP contribution in [0.4, 0.5) is 0 Å². The molecular formula is C10H18O2. The van der Waals surface area contributed by atoms with Crippen molar-refractivity contribution in [2.75, 3.05) is 0 Å². The predicted molar refractivity (Wildman–Crippen MR) is 47.9 cm³/mol. The fourth-order valence-corrected chi connectivity index (χ4v) is 1.99. The van der Waals surface area contributed by atoms with E-state index in [0.29, 0.717) is 11.8 Å². The van der Waals surface area contributed by atoms with Crippen molar-refractivity contribution < 1.29 is 9.90 Å². The zero-order valence-electron chi connectivity index (χ0n) is 7.92. The molecule has 70 valence electrons. The van der Waals surface area contributed by atoms with Gasteiger partial charge in [-0.3, -0.25) is 4.79 Å². The molecule has 2 nitrogen and oxygen atoms in total. The maximum Gasteiger partial charge on any atom is 0.306 e. The summed E-state index contributed by atoms with van der Waals surface area (Å²) in [5, 5.41) is 8.87. The SMILES string of the molecule is CC1CCCC(C(=O)O)CC1C. The van der Waals surface area contributed by atoms with Crippen LogP contribution in [0, 0.1) is 17.8 Å². The topological polar surface area (TPSA) is 37.3 Å². The summed E-state index contributed by atoms with van der Waals surface area (Å²) in [7, 11) is 0. The van der Waals surface area contributed by atoms with Gasteiger partial charge in [0.05, 0.1) is 5.92 Å². The molecule has 1 fully saturated rings. The van der Waals surface area contributed by atoms with E-state index in [1.54, 1.807) is 0 Å². The predicted octanol–water partition coefficient (Wildman–Crippen LogP) is 2.53. The first kappa shape index (κ1) is 9.56. The van der Waals surface area contributed by atoms with Gasteiger partial charge in [0, 0.05) is 0 Å². The second kappa shape index (κ2) is 3.92. The first-order valence-corrected chi connectivity index (χ1v) is 4.84. The van der Waals surface area contributed by atoms with Crippen molar-refractivity contribution in [3.05, 3.63) is 0 Å². The molecule has 0 bridgehead atoms. The Balaban J connectivity index is 2.54. The number of carboxylic acids is 1. The molecule has 0 aromatic carbocycles. The van der Waals surface area contributed by atoms with Crippen LogP contribution >= 0.6 is 0 Å². The van der Waals surface area contributed by atoms with Crippen molar-refractivity contribution in [3.63, 3.8) is 0 Å². The fraction of sp³-hybridized carbons (Fsp3) is 0.900. The summed E-state index contributed by atoms with van der Waals surface area (Å²) in [6.45, 7) is 4.40. The summed E-state index contributed by atoms with van der Waals surface area (Å²) in [4.78, 5) is 10.8. The minimum atomic E-state index is -0.601. The van der Waals surface area contributed by atoms with Crippen molar-refractivity contribution in [2.24, 2.45) is 17.8 Å². The summed E-state index contributed by atoms with van der Waals surface area (Å²) in [5.74, 6) is 0.601. The number of hydrogen-bond donors (Lipinski definition) is 1. The maximum atomic E-state index is 10.8. The van der Waals surface area contributed by atoms with Crippen LogP contribution in [0.3, 0.4) is 0 Å². The Hall–Kier alpha value is -0.530. The van der Waals surface area contributed by atoms with Gasteiger partial charge in [-0.05, 0) is 24.7 Å². The Bertz CT molecular complexity index is 165. The van der Waals surface area contributed by atoms with Crippen molar-refractivity contribution in [2.45, 2.75) is 39.5 Å². The molecule has 0 amide bonds. The lowest BCUT2D eigenvalue weighted by Crippen LogP contribution is -2.16. The highest BCUT2D eigenvalue weighted by Gasteiger charge is 2.26. The minimum absolute atomic E-state index is 0.0788. The summed E-state index contributed by atoms with van der Waals surface area (Å²) in [6.07, 6.45) is 4.04. The van der Waals surface area contributed by atoms with Gasteiger partial charge >= 0.3 is 5.97 Å². The summed E-state index contributed by atoms with van der Waals surface area (Å²) in [6, 6.07) is 0. The molecule has 2 heteroatoms. The van der Waals surface area contributed by atoms with Gasteiger partial charge in [0.15, 0.2) is 0 Å². The average molecular weight is 170 g/mol. The summed E-state index contributed by atoms with van der Waals surface area (Å²) in [5.41, 5.74) is 0. The van der Waals surface area contributed by atoms with Crippen LogP contribution in [0.5, 0.6) is 0 Å². The Kier molecular flexibility index (Phi) is 3.12. The smallest absolute Gasteiger partial charge is 0.306 e. The molecule has 0 aliphatic heterocycles. The highest BCUT2D eigenvalue weighted by Crippen LogP contribution is 2.31. The Morgan fingerprint density at radius 3 is 2.50 bits per heavy atom. The van der Waals surface area contributed by atoms with Gasteiger partial charge in [0.2, 0.25) is 0 Å². The largest absolute Gasteiger partial charge is 0.481 e. The molecule has 1 aliphatic carbocycles. The van der Waals surface area contributed by atoms with E-state index < -0.39 is 5.97 Å². The number of rotatable bonds is 1. The summed E-state index contributed by atoms with van der Waals surface area (Å²) < 4.78 is 0. The molecule has 1 N–H and O–H groups in total. The molecule has 0 spiro atoms. The lowest BCUT2D eigenvalue weighted by atomic mass is 9.89. The quantitative estimate of drug-likeness (QED) is 0.614. The van der Waals surface area contributed by atoms with Gasteiger partial charge in [-0.1, -0.05) is 26.7 Å². The van der Waals surface area contributed by atoms with E-state index >= 15 is 0 Å². The van der Waals surface area contributed by atoms with Gasteiger partial charge in [-0.15, -0.1) is 0 Å².